The number of rotatable bonds is 9. The third-order valence-electron chi connectivity index (χ3n) is 5.32. The van der Waals surface area contributed by atoms with Crippen LogP contribution in [0.4, 0.5) is 0 Å². The summed E-state index contributed by atoms with van der Waals surface area (Å²) in [6.07, 6.45) is 0.846. The molecule has 8 heteroatoms. The van der Waals surface area contributed by atoms with Gasteiger partial charge in [-0.05, 0) is 51.0 Å². The summed E-state index contributed by atoms with van der Waals surface area (Å²) in [6.45, 7) is 8.54. The Bertz CT molecular complexity index is 1090. The first kappa shape index (κ1) is 23.5. The Kier molecular flexibility index (Phi) is 7.69. The molecule has 1 amide bonds. The second-order valence-corrected chi connectivity index (χ2v) is 8.36. The molecule has 7 nitrogen and oxygen atoms in total. The summed E-state index contributed by atoms with van der Waals surface area (Å²) in [5, 5.41) is 5.15. The highest BCUT2D eigenvalue weighted by Crippen LogP contribution is 2.29. The molecule has 0 aliphatic heterocycles. The van der Waals surface area contributed by atoms with Gasteiger partial charge in [-0.15, -0.1) is 11.3 Å². The van der Waals surface area contributed by atoms with Crippen LogP contribution in [-0.4, -0.2) is 41.2 Å². The van der Waals surface area contributed by atoms with Crippen LogP contribution in [0.5, 0.6) is 5.75 Å². The SMILES string of the molecule is CCOC(=O)c1nc(-c2cc(C(=O)NC(C)CC)c(C)n2Cc2ccc(OC)cc2)cs1. The van der Waals surface area contributed by atoms with Gasteiger partial charge < -0.3 is 19.4 Å². The van der Waals surface area contributed by atoms with Crippen LogP contribution in [0, 0.1) is 6.92 Å². The van der Waals surface area contributed by atoms with Crippen LogP contribution in [0.25, 0.3) is 11.4 Å². The van der Waals surface area contributed by atoms with E-state index in [-0.39, 0.29) is 11.9 Å². The zero-order chi connectivity index (χ0) is 23.3. The minimum atomic E-state index is -0.441. The third kappa shape index (κ3) is 5.19. The van der Waals surface area contributed by atoms with Crippen LogP contribution in [0.1, 0.15) is 58.6 Å². The Labute approximate surface area is 192 Å². The summed E-state index contributed by atoms with van der Waals surface area (Å²) >= 11 is 1.23. The Morgan fingerprint density at radius 1 is 1.22 bits per heavy atom. The van der Waals surface area contributed by atoms with E-state index < -0.39 is 5.97 Å². The monoisotopic (exact) mass is 455 g/mol. The zero-order valence-electron chi connectivity index (χ0n) is 19.1. The molecule has 0 aliphatic carbocycles. The molecule has 0 saturated carbocycles. The number of esters is 1. The average molecular weight is 456 g/mol. The number of hydrogen-bond donors (Lipinski definition) is 1. The van der Waals surface area contributed by atoms with Gasteiger partial charge in [0, 0.05) is 23.7 Å². The van der Waals surface area contributed by atoms with Gasteiger partial charge in [-0.1, -0.05) is 19.1 Å². The molecule has 1 N–H and O–H groups in total. The van der Waals surface area contributed by atoms with E-state index in [0.29, 0.717) is 29.4 Å². The van der Waals surface area contributed by atoms with Crippen molar-refractivity contribution in [3.63, 3.8) is 0 Å². The minimum Gasteiger partial charge on any atom is -0.497 e. The largest absolute Gasteiger partial charge is 0.497 e. The maximum absolute atomic E-state index is 12.9. The standard InChI is InChI=1S/C24H29N3O4S/c1-6-15(3)25-22(28)19-12-21(20-14-32-23(26-20)24(29)31-7-2)27(16(19)4)13-17-8-10-18(30-5)11-9-17/h8-12,14-15H,6-7,13H2,1-5H3,(H,25,28). The van der Waals surface area contributed by atoms with Gasteiger partial charge in [-0.2, -0.15) is 0 Å². The van der Waals surface area contributed by atoms with E-state index in [9.17, 15) is 9.59 Å². The van der Waals surface area contributed by atoms with Gasteiger partial charge in [0.15, 0.2) is 0 Å². The van der Waals surface area contributed by atoms with Gasteiger partial charge in [-0.25, -0.2) is 9.78 Å². The van der Waals surface area contributed by atoms with Crippen LogP contribution in [0.15, 0.2) is 35.7 Å². The summed E-state index contributed by atoms with van der Waals surface area (Å²) in [5.74, 6) is 0.223. The normalized spacial score (nSPS) is 11.8. The molecule has 2 aromatic heterocycles. The molecule has 0 fully saturated rings. The van der Waals surface area contributed by atoms with Crippen molar-refractivity contribution in [1.29, 1.82) is 0 Å². The first-order valence-corrected chi connectivity index (χ1v) is 11.5. The van der Waals surface area contributed by atoms with Crippen molar-refractivity contribution < 1.29 is 19.1 Å². The second-order valence-electron chi connectivity index (χ2n) is 7.50. The number of nitrogens with zero attached hydrogens (tertiary/aromatic N) is 2. The van der Waals surface area contributed by atoms with Gasteiger partial charge in [-0.3, -0.25) is 4.79 Å². The highest BCUT2D eigenvalue weighted by Gasteiger charge is 2.22. The topological polar surface area (TPSA) is 82.5 Å². The van der Waals surface area contributed by atoms with E-state index >= 15 is 0 Å². The first-order valence-electron chi connectivity index (χ1n) is 10.6. The van der Waals surface area contributed by atoms with E-state index in [1.165, 1.54) is 11.3 Å². The molecule has 3 aromatic rings. The Balaban J connectivity index is 2.02. The summed E-state index contributed by atoms with van der Waals surface area (Å²) in [7, 11) is 1.63. The van der Waals surface area contributed by atoms with Gasteiger partial charge in [0.25, 0.3) is 5.91 Å². The fraction of sp³-hybridized carbons (Fsp3) is 0.375. The zero-order valence-corrected chi connectivity index (χ0v) is 19.9. The molecule has 0 saturated heterocycles. The van der Waals surface area contributed by atoms with Crippen LogP contribution >= 0.6 is 11.3 Å². The van der Waals surface area contributed by atoms with Gasteiger partial charge in [0.05, 0.1) is 30.7 Å². The predicted molar refractivity (Wildman–Crippen MR) is 126 cm³/mol. The number of amides is 1. The molecular formula is C24H29N3O4S. The van der Waals surface area contributed by atoms with E-state index in [4.69, 9.17) is 9.47 Å². The molecule has 0 bridgehead atoms. The van der Waals surface area contributed by atoms with Crippen molar-refractivity contribution >= 4 is 23.2 Å². The summed E-state index contributed by atoms with van der Waals surface area (Å²) < 4.78 is 12.4. The predicted octanol–water partition coefficient (Wildman–Crippen LogP) is 4.68. The number of benzene rings is 1. The number of hydrogen-bond acceptors (Lipinski definition) is 6. The lowest BCUT2D eigenvalue weighted by atomic mass is 10.2. The molecule has 1 unspecified atom stereocenters. The van der Waals surface area contributed by atoms with Crippen molar-refractivity contribution in [3.05, 3.63) is 57.5 Å². The molecule has 0 spiro atoms. The average Bonchev–Trinajstić information content (AvgIpc) is 3.40. The molecule has 0 radical (unpaired) electrons. The van der Waals surface area contributed by atoms with Crippen LogP contribution < -0.4 is 10.1 Å². The van der Waals surface area contributed by atoms with E-state index in [1.807, 2.05) is 56.5 Å². The van der Waals surface area contributed by atoms with Gasteiger partial charge >= 0.3 is 5.97 Å². The second kappa shape index (κ2) is 10.5. The molecule has 3 rings (SSSR count). The van der Waals surface area contributed by atoms with Crippen molar-refractivity contribution in [3.8, 4) is 17.1 Å². The van der Waals surface area contributed by atoms with Gasteiger partial charge in [0.1, 0.15) is 5.75 Å². The van der Waals surface area contributed by atoms with E-state index in [0.717, 1.165) is 29.1 Å². The molecule has 1 atom stereocenters. The molecule has 32 heavy (non-hydrogen) atoms. The van der Waals surface area contributed by atoms with Crippen molar-refractivity contribution in [2.24, 2.45) is 0 Å². The lowest BCUT2D eigenvalue weighted by Crippen LogP contribution is -2.32. The van der Waals surface area contributed by atoms with Crippen LogP contribution in [0.3, 0.4) is 0 Å². The summed E-state index contributed by atoms with van der Waals surface area (Å²) in [5.41, 5.74) is 3.90. The van der Waals surface area contributed by atoms with Crippen molar-refractivity contribution in [2.75, 3.05) is 13.7 Å². The Morgan fingerprint density at radius 2 is 1.94 bits per heavy atom. The molecule has 0 aliphatic rings. The smallest absolute Gasteiger partial charge is 0.367 e. The number of thiazole rings is 1. The fourth-order valence-corrected chi connectivity index (χ4v) is 3.99. The highest BCUT2D eigenvalue weighted by molar-refractivity contribution is 7.11. The minimum absolute atomic E-state index is 0.0741. The molecule has 170 valence electrons. The Morgan fingerprint density at radius 3 is 2.56 bits per heavy atom. The van der Waals surface area contributed by atoms with E-state index in [1.54, 1.807) is 14.0 Å². The van der Waals surface area contributed by atoms with Crippen LogP contribution in [-0.2, 0) is 11.3 Å². The Hall–Kier alpha value is -3.13. The van der Waals surface area contributed by atoms with Crippen LogP contribution in [0.2, 0.25) is 0 Å². The molecule has 2 heterocycles. The summed E-state index contributed by atoms with van der Waals surface area (Å²) in [4.78, 5) is 29.5. The first-order chi connectivity index (χ1) is 15.4. The lowest BCUT2D eigenvalue weighted by Gasteiger charge is -2.13. The molecular weight excluding hydrogens is 426 g/mol. The molecule has 1 aromatic carbocycles. The van der Waals surface area contributed by atoms with Gasteiger partial charge in [0.2, 0.25) is 5.01 Å². The van der Waals surface area contributed by atoms with Crippen molar-refractivity contribution in [1.82, 2.24) is 14.9 Å². The number of methoxy groups -OCH3 is 1. The highest BCUT2D eigenvalue weighted by atomic mass is 32.1. The quantitative estimate of drug-likeness (QED) is 0.474. The van der Waals surface area contributed by atoms with Crippen molar-refractivity contribution in [2.45, 2.75) is 46.7 Å². The number of carbonyl (C=O) groups is 2. The number of ether oxygens (including phenoxy) is 2. The number of carbonyl (C=O) groups excluding carboxylic acids is 2. The number of nitrogens with one attached hydrogen (secondary N) is 1. The number of aromatic nitrogens is 2. The maximum Gasteiger partial charge on any atom is 0.367 e. The maximum atomic E-state index is 12.9. The lowest BCUT2D eigenvalue weighted by molar-refractivity contribution is 0.0526. The van der Waals surface area contributed by atoms with E-state index in [2.05, 4.69) is 14.9 Å². The third-order valence-corrected chi connectivity index (χ3v) is 6.14. The summed E-state index contributed by atoms with van der Waals surface area (Å²) in [6, 6.07) is 9.72. The fourth-order valence-electron chi connectivity index (χ4n) is 3.29.